The molecule has 0 atom stereocenters. The number of hydrogen-bond acceptors (Lipinski definition) is 3. The summed E-state index contributed by atoms with van der Waals surface area (Å²) < 4.78 is 0. The van der Waals surface area contributed by atoms with Crippen LogP contribution in [0.5, 0.6) is 0 Å². The first-order chi connectivity index (χ1) is 9.44. The van der Waals surface area contributed by atoms with Crippen molar-refractivity contribution < 1.29 is 0 Å². The van der Waals surface area contributed by atoms with Gasteiger partial charge in [0.1, 0.15) is 5.01 Å². The van der Waals surface area contributed by atoms with Crippen molar-refractivity contribution in [3.63, 3.8) is 0 Å². The number of aryl methyl sites for hydroxylation is 4. The van der Waals surface area contributed by atoms with Crippen LogP contribution in [-0.2, 0) is 6.54 Å². The third kappa shape index (κ3) is 5.28. The number of rotatable bonds is 3. The van der Waals surface area contributed by atoms with Crippen LogP contribution in [0.4, 0.5) is 5.69 Å². The number of aromatic nitrogens is 1. The molecular weight excluding hydrogens is 395 g/mol. The van der Waals surface area contributed by atoms with Gasteiger partial charge in [-0.15, -0.1) is 35.3 Å². The average Bonchev–Trinajstić information content (AvgIpc) is 2.65. The molecule has 0 saturated heterocycles. The molecule has 0 bridgehead atoms. The second kappa shape index (κ2) is 7.74. The lowest BCUT2D eigenvalue weighted by Gasteiger charge is -2.07. The van der Waals surface area contributed by atoms with Gasteiger partial charge in [-0.25, -0.2) is 9.98 Å². The molecule has 0 amide bonds. The second-order valence-electron chi connectivity index (χ2n) is 4.95. The molecule has 3 N–H and O–H groups in total. The van der Waals surface area contributed by atoms with Crippen LogP contribution in [0.25, 0.3) is 0 Å². The maximum atomic E-state index is 5.91. The van der Waals surface area contributed by atoms with Crippen molar-refractivity contribution in [3.8, 4) is 0 Å². The van der Waals surface area contributed by atoms with Gasteiger partial charge in [-0.3, -0.25) is 0 Å². The van der Waals surface area contributed by atoms with Gasteiger partial charge in [-0.2, -0.15) is 0 Å². The molecule has 6 heteroatoms. The molecule has 0 saturated carbocycles. The monoisotopic (exact) mass is 416 g/mol. The van der Waals surface area contributed by atoms with E-state index in [1.807, 2.05) is 19.1 Å². The molecule has 2 rings (SSSR count). The van der Waals surface area contributed by atoms with Gasteiger partial charge in [-0.05, 0) is 51.0 Å². The summed E-state index contributed by atoms with van der Waals surface area (Å²) in [5.41, 5.74) is 10.4. The molecule has 1 aromatic carbocycles. The molecule has 4 nitrogen and oxygen atoms in total. The molecule has 0 unspecified atom stereocenters. The smallest absolute Gasteiger partial charge is 0.193 e. The Morgan fingerprint density at radius 3 is 2.33 bits per heavy atom. The number of guanidine groups is 1. The van der Waals surface area contributed by atoms with Crippen LogP contribution in [0.3, 0.4) is 0 Å². The number of benzene rings is 1. The van der Waals surface area contributed by atoms with Crippen LogP contribution < -0.4 is 11.1 Å². The first kappa shape index (κ1) is 17.9. The highest BCUT2D eigenvalue weighted by molar-refractivity contribution is 14.0. The van der Waals surface area contributed by atoms with Crippen molar-refractivity contribution >= 4 is 47.0 Å². The standard InChI is InChI=1S/C15H20N4S.HI/c1-9-5-10(2)7-13(6-9)19-15(16)17-8-14-18-11(3)12(4)20-14;/h5-7H,8H2,1-4H3,(H3,16,17,19);1H. The molecular formula is C15H21IN4S. The van der Waals surface area contributed by atoms with Crippen molar-refractivity contribution in [2.45, 2.75) is 34.2 Å². The number of hydrogen-bond donors (Lipinski definition) is 2. The van der Waals surface area contributed by atoms with Gasteiger partial charge < -0.3 is 11.1 Å². The Bertz CT molecular complexity index is 609. The number of thiazole rings is 1. The summed E-state index contributed by atoms with van der Waals surface area (Å²) in [6, 6.07) is 6.22. The molecule has 0 spiro atoms. The highest BCUT2D eigenvalue weighted by Gasteiger charge is 2.03. The van der Waals surface area contributed by atoms with Crippen LogP contribution in [0, 0.1) is 27.7 Å². The Morgan fingerprint density at radius 2 is 1.81 bits per heavy atom. The zero-order valence-corrected chi connectivity index (χ0v) is 15.9. The Labute approximate surface area is 146 Å². The lowest BCUT2D eigenvalue weighted by molar-refractivity contribution is 1.01. The van der Waals surface area contributed by atoms with E-state index in [2.05, 4.69) is 42.1 Å². The minimum atomic E-state index is 0. The van der Waals surface area contributed by atoms with E-state index in [0.717, 1.165) is 16.4 Å². The van der Waals surface area contributed by atoms with Crippen LogP contribution >= 0.6 is 35.3 Å². The number of aliphatic imine (C=N–C) groups is 1. The maximum absolute atomic E-state index is 5.91. The first-order valence-corrected chi connectivity index (χ1v) is 7.34. The van der Waals surface area contributed by atoms with Gasteiger partial charge in [0.2, 0.25) is 0 Å². The van der Waals surface area contributed by atoms with Crippen molar-refractivity contribution in [2.75, 3.05) is 5.32 Å². The predicted molar refractivity (Wildman–Crippen MR) is 102 cm³/mol. The fourth-order valence-corrected chi connectivity index (χ4v) is 2.85. The van der Waals surface area contributed by atoms with Gasteiger partial charge in [0, 0.05) is 10.6 Å². The third-order valence-electron chi connectivity index (χ3n) is 2.95. The Hall–Kier alpha value is -1.15. The quantitative estimate of drug-likeness (QED) is 0.453. The summed E-state index contributed by atoms with van der Waals surface area (Å²) >= 11 is 1.67. The normalized spacial score (nSPS) is 11.1. The summed E-state index contributed by atoms with van der Waals surface area (Å²) in [4.78, 5) is 10.0. The fraction of sp³-hybridized carbons (Fsp3) is 0.333. The molecule has 21 heavy (non-hydrogen) atoms. The second-order valence-corrected chi connectivity index (χ2v) is 6.24. The summed E-state index contributed by atoms with van der Waals surface area (Å²) in [6.07, 6.45) is 0. The van der Waals surface area contributed by atoms with Crippen molar-refractivity contribution in [1.82, 2.24) is 4.98 Å². The SMILES string of the molecule is Cc1cc(C)cc(NC(N)=NCc2nc(C)c(C)s2)c1.I. The molecule has 1 heterocycles. The van der Waals surface area contributed by atoms with Gasteiger partial charge in [0.25, 0.3) is 0 Å². The highest BCUT2D eigenvalue weighted by Crippen LogP contribution is 2.17. The zero-order valence-electron chi connectivity index (χ0n) is 12.7. The summed E-state index contributed by atoms with van der Waals surface area (Å²) in [7, 11) is 0. The van der Waals surface area contributed by atoms with E-state index in [4.69, 9.17) is 5.73 Å². The highest BCUT2D eigenvalue weighted by atomic mass is 127. The molecule has 0 aliphatic carbocycles. The largest absolute Gasteiger partial charge is 0.370 e. The van der Waals surface area contributed by atoms with E-state index in [9.17, 15) is 0 Å². The van der Waals surface area contributed by atoms with Crippen molar-refractivity contribution in [3.05, 3.63) is 44.9 Å². The Kier molecular flexibility index (Phi) is 6.60. The molecule has 0 aliphatic heterocycles. The van der Waals surface area contributed by atoms with Crippen LogP contribution in [0.15, 0.2) is 23.2 Å². The Balaban J connectivity index is 0.00000220. The van der Waals surface area contributed by atoms with Gasteiger partial charge in [0.05, 0.1) is 12.2 Å². The van der Waals surface area contributed by atoms with Crippen LogP contribution in [0.2, 0.25) is 0 Å². The lowest BCUT2D eigenvalue weighted by atomic mass is 10.1. The number of nitrogens with zero attached hydrogens (tertiary/aromatic N) is 2. The number of anilines is 1. The van der Waals surface area contributed by atoms with Crippen LogP contribution in [0.1, 0.15) is 26.7 Å². The van der Waals surface area contributed by atoms with E-state index in [1.54, 1.807) is 11.3 Å². The fourth-order valence-electron chi connectivity index (χ4n) is 1.99. The summed E-state index contributed by atoms with van der Waals surface area (Å²) in [5, 5.41) is 4.11. The third-order valence-corrected chi connectivity index (χ3v) is 4.01. The topological polar surface area (TPSA) is 63.3 Å². The van der Waals surface area contributed by atoms with Gasteiger partial charge in [-0.1, -0.05) is 6.07 Å². The number of nitrogens with one attached hydrogen (secondary N) is 1. The van der Waals surface area contributed by atoms with Crippen LogP contribution in [-0.4, -0.2) is 10.9 Å². The van der Waals surface area contributed by atoms with Gasteiger partial charge >= 0.3 is 0 Å². The average molecular weight is 416 g/mol. The predicted octanol–water partition coefficient (Wildman–Crippen LogP) is 3.92. The molecule has 2 aromatic rings. The molecule has 0 radical (unpaired) electrons. The molecule has 1 aromatic heterocycles. The zero-order chi connectivity index (χ0) is 14.7. The van der Waals surface area contributed by atoms with Crippen molar-refractivity contribution in [2.24, 2.45) is 10.7 Å². The van der Waals surface area contributed by atoms with Gasteiger partial charge in [0.15, 0.2) is 5.96 Å². The van der Waals surface area contributed by atoms with E-state index in [-0.39, 0.29) is 24.0 Å². The molecule has 0 aliphatic rings. The number of halogens is 1. The molecule has 114 valence electrons. The van der Waals surface area contributed by atoms with E-state index in [0.29, 0.717) is 12.5 Å². The lowest BCUT2D eigenvalue weighted by Crippen LogP contribution is -2.22. The van der Waals surface area contributed by atoms with Crippen molar-refractivity contribution in [1.29, 1.82) is 0 Å². The van der Waals surface area contributed by atoms with E-state index >= 15 is 0 Å². The summed E-state index contributed by atoms with van der Waals surface area (Å²) in [6.45, 7) is 8.72. The summed E-state index contributed by atoms with van der Waals surface area (Å²) in [5.74, 6) is 0.417. The van der Waals surface area contributed by atoms with E-state index < -0.39 is 0 Å². The minimum Gasteiger partial charge on any atom is -0.370 e. The number of nitrogens with two attached hydrogens (primary N) is 1. The minimum absolute atomic E-state index is 0. The van der Waals surface area contributed by atoms with E-state index in [1.165, 1.54) is 16.0 Å². The first-order valence-electron chi connectivity index (χ1n) is 6.52. The Morgan fingerprint density at radius 1 is 1.19 bits per heavy atom. The molecule has 0 fully saturated rings. The maximum Gasteiger partial charge on any atom is 0.193 e.